The summed E-state index contributed by atoms with van der Waals surface area (Å²) < 4.78 is 27.0. The Morgan fingerprint density at radius 3 is 2.43 bits per heavy atom. The first-order valence-corrected chi connectivity index (χ1v) is 8.95. The fourth-order valence-electron chi connectivity index (χ4n) is 3.96. The lowest BCUT2D eigenvalue weighted by atomic mass is 9.82. The Morgan fingerprint density at radius 1 is 1.11 bits per heavy atom. The van der Waals surface area contributed by atoms with Crippen molar-refractivity contribution in [3.8, 4) is 0 Å². The van der Waals surface area contributed by atoms with Gasteiger partial charge in [0.25, 0.3) is 0 Å². The van der Waals surface area contributed by atoms with E-state index in [4.69, 9.17) is 23.7 Å². The minimum Gasteiger partial charge on any atom is -0.471 e. The van der Waals surface area contributed by atoms with Crippen LogP contribution in [0.15, 0.2) is 23.5 Å². The monoisotopic (exact) mass is 402 g/mol. The van der Waals surface area contributed by atoms with Gasteiger partial charge in [-0.1, -0.05) is 11.6 Å². The van der Waals surface area contributed by atoms with E-state index in [2.05, 4.69) is 0 Å². The highest BCUT2D eigenvalue weighted by Crippen LogP contribution is 2.45. The Bertz CT molecular complexity index is 644. The van der Waals surface area contributed by atoms with Crippen LogP contribution in [0.5, 0.6) is 0 Å². The van der Waals surface area contributed by atoms with Crippen LogP contribution in [0.1, 0.15) is 6.92 Å². The zero-order chi connectivity index (χ0) is 20.6. The molecule has 1 saturated heterocycles. The largest absolute Gasteiger partial charge is 0.471 e. The van der Waals surface area contributed by atoms with Crippen molar-refractivity contribution in [3.63, 3.8) is 0 Å². The smallest absolute Gasteiger partial charge is 0.337 e. The van der Waals surface area contributed by atoms with Crippen LogP contribution in [-0.4, -0.2) is 90.3 Å². The Balaban J connectivity index is 1.84. The van der Waals surface area contributed by atoms with Gasteiger partial charge in [-0.15, -0.1) is 0 Å². The number of esters is 1. The second-order valence-electron chi connectivity index (χ2n) is 7.07. The lowest BCUT2D eigenvalue weighted by molar-refractivity contribution is -0.340. The molecular formula is C18H26O10. The van der Waals surface area contributed by atoms with E-state index in [1.165, 1.54) is 20.5 Å². The topological polar surface area (TPSA) is 144 Å². The molecule has 10 heteroatoms. The Kier molecular flexibility index (Phi) is 6.40. The Morgan fingerprint density at radius 2 is 1.82 bits per heavy atom. The van der Waals surface area contributed by atoms with Crippen LogP contribution in [0.4, 0.5) is 0 Å². The molecule has 0 spiro atoms. The molecule has 0 radical (unpaired) electrons. The van der Waals surface area contributed by atoms with Gasteiger partial charge in [0.1, 0.15) is 24.4 Å². The van der Waals surface area contributed by atoms with Crippen molar-refractivity contribution in [2.75, 3.05) is 20.8 Å². The number of hydrogen-bond acceptors (Lipinski definition) is 10. The van der Waals surface area contributed by atoms with Gasteiger partial charge in [0.05, 0.1) is 37.6 Å². The van der Waals surface area contributed by atoms with E-state index in [1.807, 2.05) is 13.0 Å². The Labute approximate surface area is 161 Å². The first-order chi connectivity index (χ1) is 13.3. The van der Waals surface area contributed by atoms with Crippen LogP contribution < -0.4 is 0 Å². The molecule has 2 aliphatic heterocycles. The molecule has 3 rings (SSSR count). The van der Waals surface area contributed by atoms with E-state index >= 15 is 0 Å². The molecule has 158 valence electrons. The van der Waals surface area contributed by atoms with Crippen molar-refractivity contribution >= 4 is 5.97 Å². The van der Waals surface area contributed by atoms with Crippen molar-refractivity contribution in [2.45, 2.75) is 50.0 Å². The minimum absolute atomic E-state index is 0.293. The number of aliphatic hydroxyl groups is 4. The number of aliphatic hydroxyl groups excluding tert-OH is 4. The zero-order valence-corrected chi connectivity index (χ0v) is 15.8. The molecule has 0 aromatic rings. The van der Waals surface area contributed by atoms with Gasteiger partial charge in [0.15, 0.2) is 6.29 Å². The second-order valence-corrected chi connectivity index (χ2v) is 7.07. The summed E-state index contributed by atoms with van der Waals surface area (Å²) >= 11 is 0. The fraction of sp³-hybridized carbons (Fsp3) is 0.722. The molecule has 0 bridgehead atoms. The van der Waals surface area contributed by atoms with Crippen molar-refractivity contribution in [1.82, 2.24) is 0 Å². The van der Waals surface area contributed by atoms with E-state index in [0.717, 1.165) is 5.57 Å². The number of carbonyl (C=O) groups excluding carboxylic acids is 1. The van der Waals surface area contributed by atoms with Gasteiger partial charge >= 0.3 is 5.97 Å². The second kappa shape index (κ2) is 8.46. The van der Waals surface area contributed by atoms with Gasteiger partial charge in [0.2, 0.25) is 6.29 Å². The summed E-state index contributed by atoms with van der Waals surface area (Å²) in [6, 6.07) is 0. The molecule has 2 heterocycles. The van der Waals surface area contributed by atoms with Crippen LogP contribution >= 0.6 is 0 Å². The average Bonchev–Trinajstić information content (AvgIpc) is 3.05. The SMILES string of the molecule is COC(=O)C1=CO[C@@H](O[C@@H]2O[C@H](CO)[C@@H](O)[C@H](O)[C@H]2O)[C@H]2C(C)=C[C@@H](OC)[C@@H]12. The quantitative estimate of drug-likeness (QED) is 0.314. The van der Waals surface area contributed by atoms with Crippen molar-refractivity contribution in [1.29, 1.82) is 0 Å². The first-order valence-electron chi connectivity index (χ1n) is 8.95. The average molecular weight is 402 g/mol. The molecule has 28 heavy (non-hydrogen) atoms. The van der Waals surface area contributed by atoms with Crippen molar-refractivity contribution in [3.05, 3.63) is 23.5 Å². The van der Waals surface area contributed by atoms with E-state index in [1.54, 1.807) is 0 Å². The summed E-state index contributed by atoms with van der Waals surface area (Å²) in [5.41, 5.74) is 1.14. The predicted octanol–water partition coefficient (Wildman–Crippen LogP) is -1.58. The third kappa shape index (κ3) is 3.57. The predicted molar refractivity (Wildman–Crippen MR) is 91.4 cm³/mol. The molecule has 3 aliphatic rings. The molecule has 0 amide bonds. The van der Waals surface area contributed by atoms with Crippen LogP contribution in [0.3, 0.4) is 0 Å². The highest BCUT2D eigenvalue weighted by Gasteiger charge is 2.51. The van der Waals surface area contributed by atoms with Gasteiger partial charge in [-0.25, -0.2) is 4.79 Å². The normalized spacial score (nSPS) is 42.9. The summed E-state index contributed by atoms with van der Waals surface area (Å²) in [6.07, 6.45) is -5.35. The van der Waals surface area contributed by atoms with Crippen LogP contribution in [0.25, 0.3) is 0 Å². The fourth-order valence-corrected chi connectivity index (χ4v) is 3.96. The molecule has 1 aliphatic carbocycles. The standard InChI is InChI=1S/C18H26O10/c1-7-4-9(24-2)12-8(16(23)25-3)6-26-17(11(7)12)28-18-15(22)14(21)13(20)10(5-19)27-18/h4,6,9-15,17-22H,5H2,1-3H3/t9-,10-,11+,12-,13-,14+,15-,17+,18+/m1/s1. The lowest BCUT2D eigenvalue weighted by Crippen LogP contribution is -2.60. The van der Waals surface area contributed by atoms with Gasteiger partial charge in [-0.2, -0.15) is 0 Å². The molecule has 9 atom stereocenters. The molecule has 4 N–H and O–H groups in total. The van der Waals surface area contributed by atoms with Crippen LogP contribution in [0.2, 0.25) is 0 Å². The number of carbonyl (C=O) groups is 1. The summed E-state index contributed by atoms with van der Waals surface area (Å²) in [6.45, 7) is 1.27. The molecular weight excluding hydrogens is 376 g/mol. The molecule has 1 fully saturated rings. The van der Waals surface area contributed by atoms with E-state index in [-0.39, 0.29) is 0 Å². The summed E-state index contributed by atoms with van der Waals surface area (Å²) in [7, 11) is 2.79. The summed E-state index contributed by atoms with van der Waals surface area (Å²) in [4.78, 5) is 12.1. The zero-order valence-electron chi connectivity index (χ0n) is 15.8. The van der Waals surface area contributed by atoms with Crippen molar-refractivity contribution < 1.29 is 48.9 Å². The van der Waals surface area contributed by atoms with Gasteiger partial charge in [-0.05, 0) is 6.92 Å². The third-order valence-electron chi connectivity index (χ3n) is 5.49. The number of hydrogen-bond donors (Lipinski definition) is 4. The Hall–Kier alpha value is -1.53. The lowest BCUT2D eigenvalue weighted by Gasteiger charge is -2.43. The highest BCUT2D eigenvalue weighted by atomic mass is 16.8. The third-order valence-corrected chi connectivity index (χ3v) is 5.49. The minimum atomic E-state index is -1.57. The van der Waals surface area contributed by atoms with Crippen LogP contribution in [-0.2, 0) is 28.5 Å². The summed E-state index contributed by atoms with van der Waals surface area (Å²) in [5.74, 6) is -1.41. The molecule has 10 nitrogen and oxygen atoms in total. The van der Waals surface area contributed by atoms with E-state index in [9.17, 15) is 25.2 Å². The molecule has 0 aromatic carbocycles. The first kappa shape index (κ1) is 21.2. The maximum atomic E-state index is 12.1. The number of rotatable bonds is 5. The van der Waals surface area contributed by atoms with E-state index in [0.29, 0.717) is 5.57 Å². The number of fused-ring (bicyclic) bond motifs is 1. The van der Waals surface area contributed by atoms with Gasteiger partial charge < -0.3 is 44.1 Å². The number of ether oxygens (including phenoxy) is 5. The molecule has 0 saturated carbocycles. The molecule has 0 unspecified atom stereocenters. The maximum Gasteiger partial charge on any atom is 0.337 e. The maximum absolute atomic E-state index is 12.1. The van der Waals surface area contributed by atoms with Crippen molar-refractivity contribution in [2.24, 2.45) is 11.8 Å². The van der Waals surface area contributed by atoms with Crippen LogP contribution in [0, 0.1) is 11.8 Å². The number of methoxy groups -OCH3 is 2. The summed E-state index contributed by atoms with van der Waals surface area (Å²) in [5, 5.41) is 39.4. The van der Waals surface area contributed by atoms with Gasteiger partial charge in [0, 0.05) is 13.0 Å². The highest BCUT2D eigenvalue weighted by molar-refractivity contribution is 5.89. The molecule has 0 aromatic heterocycles. The van der Waals surface area contributed by atoms with E-state index < -0.39 is 67.5 Å². The van der Waals surface area contributed by atoms with Gasteiger partial charge in [-0.3, -0.25) is 0 Å².